The molecule has 152 valence electrons. The Morgan fingerprint density at radius 1 is 1.21 bits per heavy atom. The molecule has 1 saturated heterocycles. The largest absolute Gasteiger partial charge is 0.496 e. The van der Waals surface area contributed by atoms with E-state index in [-0.39, 0.29) is 12.5 Å². The second-order valence-corrected chi connectivity index (χ2v) is 8.24. The van der Waals surface area contributed by atoms with Gasteiger partial charge in [-0.05, 0) is 41.7 Å². The number of benzene rings is 2. The highest BCUT2D eigenvalue weighted by molar-refractivity contribution is 7.99. The number of aryl methyl sites for hydroxylation is 1. The summed E-state index contributed by atoms with van der Waals surface area (Å²) in [5.74, 6) is -2.52. The lowest BCUT2D eigenvalue weighted by Crippen LogP contribution is -2.51. The van der Waals surface area contributed by atoms with Crippen molar-refractivity contribution in [3.05, 3.63) is 59.2 Å². The Morgan fingerprint density at radius 3 is 2.69 bits per heavy atom. The summed E-state index contributed by atoms with van der Waals surface area (Å²) in [6, 6.07) is 12.3. The number of amides is 3. The van der Waals surface area contributed by atoms with Crippen LogP contribution >= 0.6 is 11.8 Å². The number of rotatable bonds is 5. The first-order valence-electron chi connectivity index (χ1n) is 9.24. The molecule has 0 aromatic heterocycles. The van der Waals surface area contributed by atoms with Crippen molar-refractivity contribution in [2.24, 2.45) is 0 Å². The maximum absolute atomic E-state index is 13.2. The Morgan fingerprint density at radius 2 is 1.97 bits per heavy atom. The van der Waals surface area contributed by atoms with Crippen LogP contribution in [0.2, 0.25) is 0 Å². The summed E-state index contributed by atoms with van der Waals surface area (Å²) in [7, 11) is 1.40. The van der Waals surface area contributed by atoms with Gasteiger partial charge < -0.3 is 10.1 Å². The van der Waals surface area contributed by atoms with Crippen LogP contribution in [0.1, 0.15) is 23.1 Å². The molecule has 1 aliphatic heterocycles. The normalized spacial score (nSPS) is 20.9. The first kappa shape index (κ1) is 19.7. The Balaban J connectivity index is 1.55. The number of hydrogen-bond acceptors (Lipinski definition) is 4. The number of fused-ring (bicyclic) bond motifs is 1. The molecule has 1 aliphatic carbocycles. The molecule has 0 bridgehead atoms. The van der Waals surface area contributed by atoms with Crippen LogP contribution in [0.4, 0.5) is 13.6 Å². The average molecular weight is 418 g/mol. The number of imide groups is 1. The number of carbonyl (C=O) groups excluding carboxylic acids is 2. The van der Waals surface area contributed by atoms with E-state index in [9.17, 15) is 18.4 Å². The Hall–Kier alpha value is -2.61. The van der Waals surface area contributed by atoms with Gasteiger partial charge in [0.2, 0.25) is 0 Å². The van der Waals surface area contributed by atoms with Crippen LogP contribution in [0.25, 0.3) is 0 Å². The topological polar surface area (TPSA) is 58.6 Å². The summed E-state index contributed by atoms with van der Waals surface area (Å²) in [6.45, 7) is 0.0596. The lowest BCUT2D eigenvalue weighted by molar-refractivity contribution is -0.132. The second kappa shape index (κ2) is 7.67. The molecule has 1 N–H and O–H groups in total. The van der Waals surface area contributed by atoms with E-state index in [1.54, 1.807) is 12.1 Å². The monoisotopic (exact) mass is 418 g/mol. The summed E-state index contributed by atoms with van der Waals surface area (Å²) >= 11 is 0.395. The molecule has 1 unspecified atom stereocenters. The lowest BCUT2D eigenvalue weighted by atomic mass is 9.78. The molecule has 1 spiro atoms. The number of hydrogen-bond donors (Lipinski definition) is 1. The van der Waals surface area contributed by atoms with Crippen LogP contribution in [0.3, 0.4) is 0 Å². The fourth-order valence-electron chi connectivity index (χ4n) is 4.03. The van der Waals surface area contributed by atoms with Gasteiger partial charge in [0.15, 0.2) is 0 Å². The predicted molar refractivity (Wildman–Crippen MR) is 105 cm³/mol. The van der Waals surface area contributed by atoms with Crippen molar-refractivity contribution in [2.75, 3.05) is 7.11 Å². The van der Waals surface area contributed by atoms with E-state index >= 15 is 0 Å². The van der Waals surface area contributed by atoms with Gasteiger partial charge in [-0.25, -0.2) is 4.79 Å². The molecule has 2 aliphatic rings. The van der Waals surface area contributed by atoms with E-state index in [2.05, 4.69) is 5.32 Å². The molecule has 3 amide bonds. The minimum Gasteiger partial charge on any atom is -0.496 e. The number of urea groups is 1. The van der Waals surface area contributed by atoms with E-state index in [0.29, 0.717) is 40.8 Å². The number of methoxy groups -OCH3 is 1. The summed E-state index contributed by atoms with van der Waals surface area (Å²) in [4.78, 5) is 27.3. The van der Waals surface area contributed by atoms with Crippen molar-refractivity contribution in [1.29, 1.82) is 0 Å². The fourth-order valence-corrected chi connectivity index (χ4v) is 4.63. The molecule has 1 atom stereocenters. The molecule has 2 aromatic carbocycles. The Labute approximate surface area is 171 Å². The van der Waals surface area contributed by atoms with Crippen LogP contribution in [0.5, 0.6) is 5.75 Å². The van der Waals surface area contributed by atoms with E-state index in [0.717, 1.165) is 12.0 Å². The van der Waals surface area contributed by atoms with Gasteiger partial charge in [-0.2, -0.15) is 8.78 Å². The smallest absolute Gasteiger partial charge is 0.325 e. The highest BCUT2D eigenvalue weighted by Gasteiger charge is 2.52. The average Bonchev–Trinajstić information content (AvgIpc) is 2.92. The quantitative estimate of drug-likeness (QED) is 0.589. The number of nitrogens with one attached hydrogen (secondary N) is 1. The molecule has 2 aromatic rings. The molecule has 1 fully saturated rings. The van der Waals surface area contributed by atoms with Crippen LogP contribution in [-0.4, -0.2) is 35.2 Å². The summed E-state index contributed by atoms with van der Waals surface area (Å²) in [5.41, 5.74) is 2.00. The predicted octanol–water partition coefficient (Wildman–Crippen LogP) is 3.99. The molecule has 29 heavy (non-hydrogen) atoms. The lowest BCUT2D eigenvalue weighted by Gasteiger charge is -2.32. The van der Waals surface area contributed by atoms with Gasteiger partial charge in [-0.15, -0.1) is 0 Å². The standard InChI is InChI=1S/C21H20F2N2O3S/c1-28-16-10-13(6-7-17(16)29-19(22)23)12-25-18(26)21(24-20(25)27)9-8-14-4-2-3-5-15(14)11-21/h2-7,10,19H,8-9,11-12H2,1H3,(H,24,27). The van der Waals surface area contributed by atoms with Gasteiger partial charge in [-0.3, -0.25) is 9.69 Å². The Bertz CT molecular complexity index is 969. The zero-order valence-electron chi connectivity index (χ0n) is 15.8. The number of carbonyl (C=O) groups is 2. The van der Waals surface area contributed by atoms with Crippen molar-refractivity contribution < 1.29 is 23.1 Å². The van der Waals surface area contributed by atoms with Gasteiger partial charge in [0, 0.05) is 6.42 Å². The molecule has 1 heterocycles. The Kier molecular flexibility index (Phi) is 5.21. The second-order valence-electron chi connectivity index (χ2n) is 7.21. The molecule has 8 heteroatoms. The minimum absolute atomic E-state index is 0.0596. The number of halogens is 2. The van der Waals surface area contributed by atoms with Gasteiger partial charge in [0.1, 0.15) is 11.3 Å². The van der Waals surface area contributed by atoms with Crippen LogP contribution in [0.15, 0.2) is 47.4 Å². The van der Waals surface area contributed by atoms with Crippen LogP contribution in [0, 0.1) is 0 Å². The fraction of sp³-hybridized carbons (Fsp3) is 0.333. The van der Waals surface area contributed by atoms with Gasteiger partial charge in [-0.1, -0.05) is 42.1 Å². The number of ether oxygens (including phenoxy) is 1. The molecular weight excluding hydrogens is 398 g/mol. The van der Waals surface area contributed by atoms with Crippen molar-refractivity contribution >= 4 is 23.7 Å². The zero-order valence-corrected chi connectivity index (χ0v) is 16.6. The van der Waals surface area contributed by atoms with Crippen molar-refractivity contribution in [1.82, 2.24) is 10.2 Å². The van der Waals surface area contributed by atoms with Crippen molar-refractivity contribution in [2.45, 2.75) is 42.0 Å². The third-order valence-corrected chi connectivity index (χ3v) is 6.23. The zero-order chi connectivity index (χ0) is 20.6. The first-order valence-corrected chi connectivity index (χ1v) is 10.1. The van der Waals surface area contributed by atoms with Crippen LogP contribution in [-0.2, 0) is 24.2 Å². The maximum Gasteiger partial charge on any atom is 0.325 e. The molecule has 4 rings (SSSR count). The number of thioether (sulfide) groups is 1. The molecular formula is C21H20F2N2O3S. The van der Waals surface area contributed by atoms with E-state index < -0.39 is 17.3 Å². The number of nitrogens with zero attached hydrogens (tertiary/aromatic N) is 1. The number of alkyl halides is 2. The minimum atomic E-state index is -2.56. The van der Waals surface area contributed by atoms with E-state index in [1.165, 1.54) is 23.6 Å². The van der Waals surface area contributed by atoms with Crippen molar-refractivity contribution in [3.63, 3.8) is 0 Å². The molecule has 0 saturated carbocycles. The third-order valence-electron chi connectivity index (χ3n) is 5.46. The maximum atomic E-state index is 13.2. The van der Waals surface area contributed by atoms with Gasteiger partial charge in [0.05, 0.1) is 18.6 Å². The summed E-state index contributed by atoms with van der Waals surface area (Å²) < 4.78 is 30.5. The van der Waals surface area contributed by atoms with Crippen LogP contribution < -0.4 is 10.1 Å². The van der Waals surface area contributed by atoms with Gasteiger partial charge >= 0.3 is 6.03 Å². The highest BCUT2D eigenvalue weighted by Crippen LogP contribution is 2.36. The third kappa shape index (κ3) is 3.69. The van der Waals surface area contributed by atoms with Gasteiger partial charge in [0.25, 0.3) is 11.7 Å². The summed E-state index contributed by atoms with van der Waals surface area (Å²) in [6.07, 6.45) is 1.75. The molecule has 0 radical (unpaired) electrons. The van der Waals surface area contributed by atoms with E-state index in [1.807, 2.05) is 24.3 Å². The SMILES string of the molecule is COc1cc(CN2C(=O)NC3(CCc4ccccc4C3)C2=O)ccc1SC(F)F. The van der Waals surface area contributed by atoms with Crippen molar-refractivity contribution in [3.8, 4) is 5.75 Å². The highest BCUT2D eigenvalue weighted by atomic mass is 32.2. The summed E-state index contributed by atoms with van der Waals surface area (Å²) in [5, 5.41) is 2.90. The van der Waals surface area contributed by atoms with E-state index in [4.69, 9.17) is 4.74 Å². The first-order chi connectivity index (χ1) is 13.9. The molecule has 5 nitrogen and oxygen atoms in total.